The van der Waals surface area contributed by atoms with Gasteiger partial charge in [0.15, 0.2) is 11.5 Å². The van der Waals surface area contributed by atoms with E-state index < -0.39 is 5.41 Å². The predicted octanol–water partition coefficient (Wildman–Crippen LogP) is 4.13. The minimum absolute atomic E-state index is 0.102. The predicted molar refractivity (Wildman–Crippen MR) is 97.7 cm³/mol. The van der Waals surface area contributed by atoms with E-state index in [1.807, 2.05) is 55.1 Å². The molecule has 1 heterocycles. The van der Waals surface area contributed by atoms with Crippen molar-refractivity contribution in [2.75, 3.05) is 6.79 Å². The summed E-state index contributed by atoms with van der Waals surface area (Å²) < 4.78 is 10.8. The van der Waals surface area contributed by atoms with Crippen LogP contribution < -0.4 is 9.47 Å². The van der Waals surface area contributed by atoms with Crippen LogP contribution in [0.4, 0.5) is 0 Å². The van der Waals surface area contributed by atoms with Crippen LogP contribution in [0, 0.1) is 0 Å². The van der Waals surface area contributed by atoms with Gasteiger partial charge < -0.3 is 14.4 Å². The second-order valence-corrected chi connectivity index (χ2v) is 7.21. The van der Waals surface area contributed by atoms with Crippen molar-refractivity contribution in [1.29, 1.82) is 0 Å². The highest BCUT2D eigenvalue weighted by Crippen LogP contribution is 2.37. The number of ether oxygens (including phenoxy) is 2. The third-order valence-electron chi connectivity index (χ3n) is 4.71. The lowest BCUT2D eigenvalue weighted by molar-refractivity contribution is -0.138. The summed E-state index contributed by atoms with van der Waals surface area (Å²) in [6, 6.07) is 16.0. The summed E-state index contributed by atoms with van der Waals surface area (Å²) in [7, 11) is 0. The Morgan fingerprint density at radius 1 is 1.08 bits per heavy atom. The molecule has 2 aromatic carbocycles. The number of carbonyl (C=O) groups excluding carboxylic acids is 1. The summed E-state index contributed by atoms with van der Waals surface area (Å²) >= 11 is 0. The molecule has 25 heavy (non-hydrogen) atoms. The van der Waals surface area contributed by atoms with Crippen LogP contribution in [-0.4, -0.2) is 23.6 Å². The Kier molecular flexibility index (Phi) is 4.71. The average Bonchev–Trinajstić information content (AvgIpc) is 3.07. The van der Waals surface area contributed by atoms with Crippen LogP contribution in [0.3, 0.4) is 0 Å². The quantitative estimate of drug-likeness (QED) is 0.822. The molecule has 132 valence electrons. The fourth-order valence-corrected chi connectivity index (χ4v) is 3.04. The lowest BCUT2D eigenvalue weighted by Crippen LogP contribution is -2.46. The lowest BCUT2D eigenvalue weighted by atomic mass is 9.82. The molecule has 0 radical (unpaired) electrons. The van der Waals surface area contributed by atoms with Crippen LogP contribution in [0.25, 0.3) is 0 Å². The fraction of sp³-hybridized carbons (Fsp3) is 0.381. The second-order valence-electron chi connectivity index (χ2n) is 7.21. The van der Waals surface area contributed by atoms with Crippen molar-refractivity contribution < 1.29 is 14.3 Å². The first-order valence-corrected chi connectivity index (χ1v) is 8.64. The summed E-state index contributed by atoms with van der Waals surface area (Å²) in [5, 5.41) is 0. The average molecular weight is 339 g/mol. The van der Waals surface area contributed by atoms with E-state index in [9.17, 15) is 4.79 Å². The Morgan fingerprint density at radius 2 is 1.76 bits per heavy atom. The summed E-state index contributed by atoms with van der Waals surface area (Å²) in [5.41, 5.74) is 1.41. The monoisotopic (exact) mass is 339 g/mol. The van der Waals surface area contributed by atoms with E-state index in [1.54, 1.807) is 0 Å². The second kappa shape index (κ2) is 6.79. The summed E-state index contributed by atoms with van der Waals surface area (Å²) in [4.78, 5) is 15.3. The third kappa shape index (κ3) is 3.48. The summed E-state index contributed by atoms with van der Waals surface area (Å²) in [6.45, 7) is 8.87. The SMILES string of the molecule is CC(C)N(Cc1ccccc1)C(=O)C(C)(C)c1ccc2c(c1)OCO2. The molecule has 1 amide bonds. The Hall–Kier alpha value is -2.49. The zero-order valence-corrected chi connectivity index (χ0v) is 15.3. The van der Waals surface area contributed by atoms with Gasteiger partial charge >= 0.3 is 0 Å². The lowest BCUT2D eigenvalue weighted by Gasteiger charge is -2.35. The molecule has 0 unspecified atom stereocenters. The first-order valence-electron chi connectivity index (χ1n) is 8.64. The van der Waals surface area contributed by atoms with Crippen molar-refractivity contribution in [2.24, 2.45) is 0 Å². The maximum Gasteiger partial charge on any atom is 0.233 e. The Morgan fingerprint density at radius 3 is 2.44 bits per heavy atom. The highest BCUT2D eigenvalue weighted by Gasteiger charge is 2.36. The van der Waals surface area contributed by atoms with Gasteiger partial charge in [-0.2, -0.15) is 0 Å². The van der Waals surface area contributed by atoms with E-state index in [1.165, 1.54) is 0 Å². The molecule has 0 aromatic heterocycles. The van der Waals surface area contributed by atoms with Gasteiger partial charge in [-0.25, -0.2) is 0 Å². The van der Waals surface area contributed by atoms with Gasteiger partial charge in [-0.15, -0.1) is 0 Å². The van der Waals surface area contributed by atoms with Gasteiger partial charge in [0.25, 0.3) is 0 Å². The molecule has 4 heteroatoms. The number of rotatable bonds is 5. The fourth-order valence-electron chi connectivity index (χ4n) is 3.04. The first kappa shape index (κ1) is 17.3. The minimum Gasteiger partial charge on any atom is -0.454 e. The van der Waals surface area contributed by atoms with Gasteiger partial charge in [-0.3, -0.25) is 4.79 Å². The molecule has 4 nitrogen and oxygen atoms in total. The van der Waals surface area contributed by atoms with Gasteiger partial charge in [0.05, 0.1) is 5.41 Å². The van der Waals surface area contributed by atoms with Gasteiger partial charge in [-0.1, -0.05) is 36.4 Å². The molecular formula is C21H25NO3. The molecule has 2 aromatic rings. The molecule has 0 fully saturated rings. The normalized spacial score (nSPS) is 13.2. The molecule has 0 spiro atoms. The van der Waals surface area contributed by atoms with E-state index in [0.717, 1.165) is 16.9 Å². The van der Waals surface area contributed by atoms with Crippen LogP contribution in [-0.2, 0) is 16.8 Å². The van der Waals surface area contributed by atoms with Crippen molar-refractivity contribution >= 4 is 5.91 Å². The van der Waals surface area contributed by atoms with Crippen molar-refractivity contribution in [3.05, 3.63) is 59.7 Å². The maximum absolute atomic E-state index is 13.4. The van der Waals surface area contributed by atoms with Crippen LogP contribution in [0.2, 0.25) is 0 Å². The summed E-state index contributed by atoms with van der Waals surface area (Å²) in [6.07, 6.45) is 0. The minimum atomic E-state index is -0.653. The molecule has 1 aliphatic rings. The number of benzene rings is 2. The number of fused-ring (bicyclic) bond motifs is 1. The zero-order valence-electron chi connectivity index (χ0n) is 15.3. The van der Waals surface area contributed by atoms with Crippen LogP contribution in [0.5, 0.6) is 11.5 Å². The van der Waals surface area contributed by atoms with Crippen molar-refractivity contribution in [3.8, 4) is 11.5 Å². The molecule has 0 saturated carbocycles. The van der Waals surface area contributed by atoms with Gasteiger partial charge in [0.1, 0.15) is 0 Å². The number of hydrogen-bond donors (Lipinski definition) is 0. The van der Waals surface area contributed by atoms with Gasteiger partial charge in [0, 0.05) is 12.6 Å². The highest BCUT2D eigenvalue weighted by atomic mass is 16.7. The topological polar surface area (TPSA) is 38.8 Å². The van der Waals surface area contributed by atoms with Crippen molar-refractivity contribution in [3.63, 3.8) is 0 Å². The van der Waals surface area contributed by atoms with E-state index in [-0.39, 0.29) is 18.7 Å². The standard InChI is InChI=1S/C21H25NO3/c1-15(2)22(13-16-8-6-5-7-9-16)20(23)21(3,4)17-10-11-18-19(12-17)25-14-24-18/h5-12,15H,13-14H2,1-4H3. The zero-order chi connectivity index (χ0) is 18.0. The smallest absolute Gasteiger partial charge is 0.233 e. The molecular weight excluding hydrogens is 314 g/mol. The van der Waals surface area contributed by atoms with Crippen LogP contribution in [0.15, 0.2) is 48.5 Å². The van der Waals surface area contributed by atoms with Gasteiger partial charge in [-0.05, 0) is 51.0 Å². The van der Waals surface area contributed by atoms with Crippen LogP contribution in [0.1, 0.15) is 38.8 Å². The molecule has 0 N–H and O–H groups in total. The Balaban J connectivity index is 1.87. The van der Waals surface area contributed by atoms with E-state index in [0.29, 0.717) is 12.3 Å². The van der Waals surface area contributed by atoms with E-state index in [4.69, 9.17) is 9.47 Å². The number of nitrogens with zero attached hydrogens (tertiary/aromatic N) is 1. The number of carbonyl (C=O) groups is 1. The maximum atomic E-state index is 13.4. The molecule has 3 rings (SSSR count). The van der Waals surface area contributed by atoms with E-state index in [2.05, 4.69) is 26.0 Å². The number of amides is 1. The van der Waals surface area contributed by atoms with Crippen molar-refractivity contribution in [2.45, 2.75) is 45.7 Å². The van der Waals surface area contributed by atoms with Crippen LogP contribution >= 0.6 is 0 Å². The molecule has 0 saturated heterocycles. The third-order valence-corrected chi connectivity index (χ3v) is 4.71. The van der Waals surface area contributed by atoms with Gasteiger partial charge in [0.2, 0.25) is 12.7 Å². The first-order chi connectivity index (χ1) is 11.9. The van der Waals surface area contributed by atoms with Crippen molar-refractivity contribution in [1.82, 2.24) is 4.90 Å². The summed E-state index contributed by atoms with van der Waals surface area (Å²) in [5.74, 6) is 1.54. The molecule has 1 aliphatic heterocycles. The largest absolute Gasteiger partial charge is 0.454 e. The molecule has 0 atom stereocenters. The number of hydrogen-bond acceptors (Lipinski definition) is 3. The highest BCUT2D eigenvalue weighted by molar-refractivity contribution is 5.88. The molecule has 0 aliphatic carbocycles. The van der Waals surface area contributed by atoms with E-state index >= 15 is 0 Å². The molecule has 0 bridgehead atoms. The Labute approximate surface area is 149 Å². The Bertz CT molecular complexity index is 753.